The zero-order valence-corrected chi connectivity index (χ0v) is 12.9. The maximum Gasteiger partial charge on any atom is 0.153 e. The molecule has 3 aromatic rings. The minimum absolute atomic E-state index is 0.112. The lowest BCUT2D eigenvalue weighted by Gasteiger charge is -2.14. The first kappa shape index (κ1) is 13.7. The Labute approximate surface area is 125 Å². The zero-order valence-electron chi connectivity index (χ0n) is 12.9. The van der Waals surface area contributed by atoms with Crippen molar-refractivity contribution < 1.29 is 4.74 Å². The van der Waals surface area contributed by atoms with Gasteiger partial charge in [0.25, 0.3) is 0 Å². The topological polar surface area (TPSA) is 37.9 Å². The number of nitrogens with one attached hydrogen (secondary N) is 1. The van der Waals surface area contributed by atoms with Crippen molar-refractivity contribution in [3.63, 3.8) is 0 Å². The second kappa shape index (κ2) is 5.24. The summed E-state index contributed by atoms with van der Waals surface area (Å²) < 4.78 is 6.03. The highest BCUT2D eigenvalue weighted by atomic mass is 16.5. The fraction of sp³-hybridized carbons (Fsp3) is 0.278. The molecule has 0 amide bonds. The van der Waals surface area contributed by atoms with Crippen LogP contribution < -0.4 is 4.74 Å². The van der Waals surface area contributed by atoms with E-state index in [1.54, 1.807) is 0 Å². The molecular weight excluding hydrogens is 260 g/mol. The second-order valence-electron chi connectivity index (χ2n) is 5.60. The molecule has 108 valence electrons. The average Bonchev–Trinajstić information content (AvgIpc) is 2.85. The van der Waals surface area contributed by atoms with E-state index in [1.165, 1.54) is 11.1 Å². The number of aromatic amines is 1. The van der Waals surface area contributed by atoms with Gasteiger partial charge >= 0.3 is 0 Å². The van der Waals surface area contributed by atoms with Gasteiger partial charge in [0, 0.05) is 0 Å². The van der Waals surface area contributed by atoms with Crippen molar-refractivity contribution in [2.75, 3.05) is 0 Å². The van der Waals surface area contributed by atoms with Gasteiger partial charge in [0.05, 0.1) is 11.0 Å². The Morgan fingerprint density at radius 1 is 1.00 bits per heavy atom. The molecule has 1 heterocycles. The SMILES string of the molecule is Cc1cc2nc([C@@H](C)Oc3ccccc3C)[nH]c2cc1C. The molecule has 0 saturated carbocycles. The summed E-state index contributed by atoms with van der Waals surface area (Å²) in [6, 6.07) is 12.3. The van der Waals surface area contributed by atoms with Crippen molar-refractivity contribution in [3.05, 3.63) is 58.9 Å². The molecule has 3 heteroatoms. The first-order valence-corrected chi connectivity index (χ1v) is 7.24. The number of ether oxygens (including phenoxy) is 1. The van der Waals surface area contributed by atoms with E-state index in [4.69, 9.17) is 4.74 Å². The van der Waals surface area contributed by atoms with E-state index in [0.29, 0.717) is 0 Å². The van der Waals surface area contributed by atoms with Gasteiger partial charge in [-0.3, -0.25) is 0 Å². The Morgan fingerprint density at radius 3 is 2.48 bits per heavy atom. The van der Waals surface area contributed by atoms with Gasteiger partial charge in [0.15, 0.2) is 6.10 Å². The molecule has 0 unspecified atom stereocenters. The van der Waals surface area contributed by atoms with E-state index in [9.17, 15) is 0 Å². The van der Waals surface area contributed by atoms with E-state index in [0.717, 1.165) is 28.2 Å². The summed E-state index contributed by atoms with van der Waals surface area (Å²) >= 11 is 0. The van der Waals surface area contributed by atoms with Crippen LogP contribution in [0.3, 0.4) is 0 Å². The summed E-state index contributed by atoms with van der Waals surface area (Å²) in [6.07, 6.45) is -0.112. The lowest BCUT2D eigenvalue weighted by Crippen LogP contribution is -2.05. The summed E-state index contributed by atoms with van der Waals surface area (Å²) in [7, 11) is 0. The van der Waals surface area contributed by atoms with E-state index in [1.807, 2.05) is 38.1 Å². The molecule has 2 aromatic carbocycles. The van der Waals surface area contributed by atoms with Crippen LogP contribution in [0.25, 0.3) is 11.0 Å². The number of nitrogens with zero attached hydrogens (tertiary/aromatic N) is 1. The number of fused-ring (bicyclic) bond motifs is 1. The fourth-order valence-corrected chi connectivity index (χ4v) is 2.42. The number of aryl methyl sites for hydroxylation is 3. The molecule has 0 bridgehead atoms. The Morgan fingerprint density at radius 2 is 1.71 bits per heavy atom. The molecule has 1 atom stereocenters. The molecule has 0 fully saturated rings. The molecule has 0 radical (unpaired) electrons. The molecule has 21 heavy (non-hydrogen) atoms. The van der Waals surface area contributed by atoms with Crippen LogP contribution in [-0.2, 0) is 0 Å². The van der Waals surface area contributed by atoms with Crippen LogP contribution in [0.2, 0.25) is 0 Å². The summed E-state index contributed by atoms with van der Waals surface area (Å²) in [5, 5.41) is 0. The highest BCUT2D eigenvalue weighted by molar-refractivity contribution is 5.77. The third-order valence-electron chi connectivity index (χ3n) is 3.90. The van der Waals surface area contributed by atoms with Crippen LogP contribution in [-0.4, -0.2) is 9.97 Å². The van der Waals surface area contributed by atoms with Crippen molar-refractivity contribution in [1.82, 2.24) is 9.97 Å². The number of para-hydroxylation sites is 1. The number of rotatable bonds is 3. The van der Waals surface area contributed by atoms with Crippen molar-refractivity contribution in [3.8, 4) is 5.75 Å². The van der Waals surface area contributed by atoms with Gasteiger partial charge in [-0.05, 0) is 62.6 Å². The van der Waals surface area contributed by atoms with E-state index >= 15 is 0 Å². The predicted molar refractivity (Wildman–Crippen MR) is 85.8 cm³/mol. The van der Waals surface area contributed by atoms with Gasteiger partial charge in [-0.25, -0.2) is 4.98 Å². The smallest absolute Gasteiger partial charge is 0.153 e. The van der Waals surface area contributed by atoms with Crippen LogP contribution in [0, 0.1) is 20.8 Å². The van der Waals surface area contributed by atoms with Gasteiger partial charge in [0.2, 0.25) is 0 Å². The van der Waals surface area contributed by atoms with Gasteiger partial charge in [-0.2, -0.15) is 0 Å². The van der Waals surface area contributed by atoms with E-state index in [2.05, 4.69) is 35.9 Å². The van der Waals surface area contributed by atoms with Gasteiger partial charge in [-0.1, -0.05) is 18.2 Å². The monoisotopic (exact) mass is 280 g/mol. The average molecular weight is 280 g/mol. The molecule has 0 spiro atoms. The first-order valence-electron chi connectivity index (χ1n) is 7.24. The highest BCUT2D eigenvalue weighted by Crippen LogP contribution is 2.25. The minimum atomic E-state index is -0.112. The standard InChI is InChI=1S/C18H20N2O/c1-11-7-5-6-8-17(11)21-14(4)18-19-15-9-12(2)13(3)10-16(15)20-18/h5-10,14H,1-4H3,(H,19,20)/t14-/m1/s1. The molecule has 0 saturated heterocycles. The van der Waals surface area contributed by atoms with Crippen LogP contribution in [0.5, 0.6) is 5.75 Å². The van der Waals surface area contributed by atoms with Crippen molar-refractivity contribution in [1.29, 1.82) is 0 Å². The van der Waals surface area contributed by atoms with Gasteiger partial charge in [0.1, 0.15) is 11.6 Å². The third-order valence-corrected chi connectivity index (χ3v) is 3.90. The van der Waals surface area contributed by atoms with Gasteiger partial charge < -0.3 is 9.72 Å². The Bertz CT molecular complexity index is 750. The van der Waals surface area contributed by atoms with E-state index < -0.39 is 0 Å². The summed E-state index contributed by atoms with van der Waals surface area (Å²) in [5.41, 5.74) is 5.71. The molecule has 1 N–H and O–H groups in total. The predicted octanol–water partition coefficient (Wildman–Crippen LogP) is 4.63. The number of benzene rings is 2. The van der Waals surface area contributed by atoms with Crippen LogP contribution in [0.4, 0.5) is 0 Å². The number of hydrogen-bond donors (Lipinski definition) is 1. The lowest BCUT2D eigenvalue weighted by atomic mass is 10.1. The summed E-state index contributed by atoms with van der Waals surface area (Å²) in [5.74, 6) is 1.76. The number of aromatic nitrogens is 2. The molecule has 0 aliphatic rings. The van der Waals surface area contributed by atoms with Gasteiger partial charge in [-0.15, -0.1) is 0 Å². The van der Waals surface area contributed by atoms with E-state index in [-0.39, 0.29) is 6.10 Å². The first-order chi connectivity index (χ1) is 10.0. The number of H-pyrrole nitrogens is 1. The summed E-state index contributed by atoms with van der Waals surface area (Å²) in [4.78, 5) is 8.03. The summed E-state index contributed by atoms with van der Waals surface area (Å²) in [6.45, 7) is 8.29. The maximum atomic E-state index is 6.03. The van der Waals surface area contributed by atoms with Crippen molar-refractivity contribution in [2.45, 2.75) is 33.8 Å². The number of imidazole rings is 1. The molecule has 3 rings (SSSR count). The molecule has 0 aliphatic carbocycles. The molecule has 0 aliphatic heterocycles. The highest BCUT2D eigenvalue weighted by Gasteiger charge is 2.14. The lowest BCUT2D eigenvalue weighted by molar-refractivity contribution is 0.216. The van der Waals surface area contributed by atoms with Crippen molar-refractivity contribution >= 4 is 11.0 Å². The molecule has 1 aromatic heterocycles. The quantitative estimate of drug-likeness (QED) is 0.759. The Kier molecular flexibility index (Phi) is 3.42. The largest absolute Gasteiger partial charge is 0.483 e. The fourth-order valence-electron chi connectivity index (χ4n) is 2.42. The van der Waals surface area contributed by atoms with Crippen LogP contribution in [0.15, 0.2) is 36.4 Å². The normalized spacial score (nSPS) is 12.6. The zero-order chi connectivity index (χ0) is 15.0. The Balaban J connectivity index is 1.91. The second-order valence-corrected chi connectivity index (χ2v) is 5.60. The molecule has 3 nitrogen and oxygen atoms in total. The minimum Gasteiger partial charge on any atom is -0.483 e. The third kappa shape index (κ3) is 2.64. The van der Waals surface area contributed by atoms with Crippen LogP contribution in [0.1, 0.15) is 35.5 Å². The maximum absolute atomic E-state index is 6.03. The Hall–Kier alpha value is -2.29. The van der Waals surface area contributed by atoms with Crippen molar-refractivity contribution in [2.24, 2.45) is 0 Å². The molecular formula is C18H20N2O. The number of hydrogen-bond acceptors (Lipinski definition) is 2. The van der Waals surface area contributed by atoms with Crippen LogP contribution >= 0.6 is 0 Å².